The number of nitrogens with two attached hydrogens (primary N) is 1. The maximum atomic E-state index is 13.6. The van der Waals surface area contributed by atoms with Gasteiger partial charge in [0.2, 0.25) is 5.91 Å². The van der Waals surface area contributed by atoms with Gasteiger partial charge in [0, 0.05) is 31.1 Å². The topological polar surface area (TPSA) is 134 Å². The number of amides is 2. The number of carbonyl (C=O) groups is 3. The van der Waals surface area contributed by atoms with Crippen LogP contribution in [0.15, 0.2) is 36.5 Å². The highest BCUT2D eigenvalue weighted by atomic mass is 16.5. The van der Waals surface area contributed by atoms with Gasteiger partial charge in [-0.2, -0.15) is 10.2 Å². The highest BCUT2D eigenvalue weighted by Gasteiger charge is 2.36. The van der Waals surface area contributed by atoms with Gasteiger partial charge in [0.15, 0.2) is 12.0 Å². The lowest BCUT2D eigenvalue weighted by atomic mass is 9.75. The van der Waals surface area contributed by atoms with Crippen molar-refractivity contribution < 1.29 is 19.1 Å². The predicted octanol–water partition coefficient (Wildman–Crippen LogP) is 4.02. The van der Waals surface area contributed by atoms with Crippen molar-refractivity contribution in [3.63, 3.8) is 0 Å². The first-order valence-electron chi connectivity index (χ1n) is 13.3. The number of carbonyl (C=O) groups excluding carboxylic acids is 3. The standard InChI is InChI=1S/C28H34N6O4/c1-17-15-23(34(32-17)24-9-5-6-14-38-24)18-10-12-19(13-11-18)26(35)20-7-3-4-8-21(20)28(37)31-22-16-30-33(2)25(22)27(29)36/h10-13,15-16,20-21,24H,3-9,14H2,1-2H3,(H2,29,36)(H,31,37)/t20-,21-,24?/m1/s1. The molecule has 2 amide bonds. The number of benzene rings is 1. The summed E-state index contributed by atoms with van der Waals surface area (Å²) in [6.45, 7) is 2.70. The first kappa shape index (κ1) is 25.8. The summed E-state index contributed by atoms with van der Waals surface area (Å²) >= 11 is 0. The molecule has 3 heterocycles. The molecule has 10 nitrogen and oxygen atoms in total. The Morgan fingerprint density at radius 3 is 2.42 bits per heavy atom. The maximum absolute atomic E-state index is 13.6. The number of Topliss-reactive ketones (excluding diaryl/α,β-unsaturated/α-hetero) is 1. The highest BCUT2D eigenvalue weighted by Crippen LogP contribution is 2.35. The number of hydrogen-bond acceptors (Lipinski definition) is 6. The van der Waals surface area contributed by atoms with Crippen LogP contribution in [0, 0.1) is 18.8 Å². The van der Waals surface area contributed by atoms with E-state index < -0.39 is 17.7 Å². The van der Waals surface area contributed by atoms with Crippen molar-refractivity contribution in [3.05, 3.63) is 53.5 Å². The molecular formula is C28H34N6O4. The first-order chi connectivity index (χ1) is 18.3. The smallest absolute Gasteiger partial charge is 0.269 e. The fraction of sp³-hybridized carbons (Fsp3) is 0.464. The van der Waals surface area contributed by atoms with E-state index in [-0.39, 0.29) is 29.3 Å². The zero-order chi connectivity index (χ0) is 26.8. The van der Waals surface area contributed by atoms with E-state index in [0.717, 1.165) is 55.7 Å². The van der Waals surface area contributed by atoms with Crippen molar-refractivity contribution in [1.29, 1.82) is 0 Å². The second-order valence-electron chi connectivity index (χ2n) is 10.3. The number of ketones is 1. The fourth-order valence-electron chi connectivity index (χ4n) is 5.69. The lowest BCUT2D eigenvalue weighted by Gasteiger charge is -2.29. The zero-order valence-electron chi connectivity index (χ0n) is 21.9. The molecule has 2 aromatic heterocycles. The minimum absolute atomic E-state index is 0.0435. The number of aromatic nitrogens is 4. The molecule has 0 bridgehead atoms. The van der Waals surface area contributed by atoms with Gasteiger partial charge in [0.25, 0.3) is 5.91 Å². The Morgan fingerprint density at radius 2 is 1.74 bits per heavy atom. The number of primary amides is 1. The largest absolute Gasteiger partial charge is 0.364 e. The minimum atomic E-state index is -0.678. The van der Waals surface area contributed by atoms with Crippen molar-refractivity contribution in [1.82, 2.24) is 19.6 Å². The third-order valence-electron chi connectivity index (χ3n) is 7.62. The van der Waals surface area contributed by atoms with Crippen molar-refractivity contribution in [2.45, 2.75) is 58.1 Å². The molecule has 1 aliphatic carbocycles. The summed E-state index contributed by atoms with van der Waals surface area (Å²) in [5, 5.41) is 11.5. The third kappa shape index (κ3) is 5.13. The molecule has 0 spiro atoms. The van der Waals surface area contributed by atoms with E-state index in [0.29, 0.717) is 18.4 Å². The molecule has 200 valence electrons. The van der Waals surface area contributed by atoms with Gasteiger partial charge in [0.05, 0.1) is 23.3 Å². The van der Waals surface area contributed by atoms with E-state index in [4.69, 9.17) is 10.5 Å². The quantitative estimate of drug-likeness (QED) is 0.454. The van der Waals surface area contributed by atoms with Crippen LogP contribution in [0.5, 0.6) is 0 Å². The van der Waals surface area contributed by atoms with Crippen LogP contribution in [0.4, 0.5) is 5.69 Å². The summed E-state index contributed by atoms with van der Waals surface area (Å²) in [6, 6.07) is 9.59. The van der Waals surface area contributed by atoms with E-state index in [1.807, 2.05) is 41.9 Å². The minimum Gasteiger partial charge on any atom is -0.364 e. The normalized spacial score (nSPS) is 21.7. The second kappa shape index (κ2) is 10.9. The number of nitrogens with zero attached hydrogens (tertiary/aromatic N) is 4. The van der Waals surface area contributed by atoms with Crippen LogP contribution in [-0.2, 0) is 16.6 Å². The van der Waals surface area contributed by atoms with Gasteiger partial charge >= 0.3 is 0 Å². The molecule has 3 atom stereocenters. The molecule has 3 aromatic rings. The van der Waals surface area contributed by atoms with Crippen molar-refractivity contribution in [2.75, 3.05) is 11.9 Å². The summed E-state index contributed by atoms with van der Waals surface area (Å²) in [5.41, 5.74) is 9.26. The Morgan fingerprint density at radius 1 is 1.03 bits per heavy atom. The molecule has 1 saturated heterocycles. The number of hydrogen-bond donors (Lipinski definition) is 2. The SMILES string of the molecule is Cc1cc(-c2ccc(C(=O)[C@@H]3CCCC[C@H]3C(=O)Nc3cnn(C)c3C(N)=O)cc2)n(C2CCCCO2)n1. The van der Waals surface area contributed by atoms with Crippen LogP contribution >= 0.6 is 0 Å². The summed E-state index contributed by atoms with van der Waals surface area (Å²) in [4.78, 5) is 38.7. The lowest BCUT2D eigenvalue weighted by molar-refractivity contribution is -0.122. The molecule has 38 heavy (non-hydrogen) atoms. The zero-order valence-corrected chi connectivity index (χ0v) is 21.9. The van der Waals surface area contributed by atoms with Gasteiger partial charge in [-0.3, -0.25) is 19.1 Å². The van der Waals surface area contributed by atoms with Crippen molar-refractivity contribution >= 4 is 23.3 Å². The van der Waals surface area contributed by atoms with E-state index in [9.17, 15) is 14.4 Å². The number of ether oxygens (including phenoxy) is 1. The molecule has 2 aliphatic rings. The van der Waals surface area contributed by atoms with Crippen LogP contribution in [0.3, 0.4) is 0 Å². The van der Waals surface area contributed by atoms with E-state index in [1.54, 1.807) is 7.05 Å². The van der Waals surface area contributed by atoms with Crippen LogP contribution < -0.4 is 11.1 Å². The number of rotatable bonds is 7. The summed E-state index contributed by atoms with van der Waals surface area (Å²) in [5.74, 6) is -1.95. The second-order valence-corrected chi connectivity index (χ2v) is 10.3. The van der Waals surface area contributed by atoms with Gasteiger partial charge < -0.3 is 15.8 Å². The number of aryl methyl sites for hydroxylation is 2. The van der Waals surface area contributed by atoms with E-state index in [2.05, 4.69) is 15.5 Å². The molecule has 2 fully saturated rings. The molecular weight excluding hydrogens is 484 g/mol. The lowest BCUT2D eigenvalue weighted by Crippen LogP contribution is -2.36. The number of anilines is 1. The monoisotopic (exact) mass is 518 g/mol. The van der Waals surface area contributed by atoms with Crippen LogP contribution in [-0.4, -0.2) is 43.8 Å². The molecule has 1 unspecified atom stereocenters. The van der Waals surface area contributed by atoms with E-state index in [1.165, 1.54) is 10.9 Å². The maximum Gasteiger partial charge on any atom is 0.269 e. The third-order valence-corrected chi connectivity index (χ3v) is 7.62. The van der Waals surface area contributed by atoms with Gasteiger partial charge in [-0.1, -0.05) is 37.1 Å². The molecule has 1 aromatic carbocycles. The molecule has 3 N–H and O–H groups in total. The predicted molar refractivity (Wildman–Crippen MR) is 141 cm³/mol. The average molecular weight is 519 g/mol. The highest BCUT2D eigenvalue weighted by molar-refractivity contribution is 6.05. The summed E-state index contributed by atoms with van der Waals surface area (Å²) in [7, 11) is 1.59. The Kier molecular flexibility index (Phi) is 7.42. The van der Waals surface area contributed by atoms with Gasteiger partial charge in [0.1, 0.15) is 5.69 Å². The van der Waals surface area contributed by atoms with Gasteiger partial charge in [-0.05, 0) is 50.7 Å². The Labute approximate surface area is 221 Å². The Bertz CT molecular complexity index is 1340. The Balaban J connectivity index is 1.34. The van der Waals surface area contributed by atoms with Gasteiger partial charge in [-0.15, -0.1) is 0 Å². The molecule has 10 heteroatoms. The molecule has 1 saturated carbocycles. The van der Waals surface area contributed by atoms with Crippen LogP contribution in [0.2, 0.25) is 0 Å². The first-order valence-corrected chi connectivity index (χ1v) is 13.3. The van der Waals surface area contributed by atoms with Crippen molar-refractivity contribution in [3.8, 4) is 11.3 Å². The van der Waals surface area contributed by atoms with Crippen LogP contribution in [0.25, 0.3) is 11.3 Å². The summed E-state index contributed by atoms with van der Waals surface area (Å²) in [6.07, 6.45) is 7.42. The van der Waals surface area contributed by atoms with Gasteiger partial charge in [-0.25, -0.2) is 4.68 Å². The molecule has 5 rings (SSSR count). The number of nitrogens with one attached hydrogen (secondary N) is 1. The fourth-order valence-corrected chi connectivity index (χ4v) is 5.69. The molecule has 1 aliphatic heterocycles. The molecule has 0 radical (unpaired) electrons. The summed E-state index contributed by atoms with van der Waals surface area (Å²) < 4.78 is 9.24. The van der Waals surface area contributed by atoms with Crippen molar-refractivity contribution in [2.24, 2.45) is 24.6 Å². The van der Waals surface area contributed by atoms with E-state index >= 15 is 0 Å². The Hall–Kier alpha value is -3.79. The van der Waals surface area contributed by atoms with Crippen LogP contribution in [0.1, 0.15) is 77.7 Å². The average Bonchev–Trinajstić information content (AvgIpc) is 3.50.